The van der Waals surface area contributed by atoms with Gasteiger partial charge in [0.2, 0.25) is 11.6 Å². The van der Waals surface area contributed by atoms with Crippen LogP contribution in [0.3, 0.4) is 0 Å². The van der Waals surface area contributed by atoms with Gasteiger partial charge in [-0.25, -0.2) is 30.0 Å². The van der Waals surface area contributed by atoms with E-state index in [0.29, 0.717) is 13.2 Å². The van der Waals surface area contributed by atoms with Crippen molar-refractivity contribution in [3.05, 3.63) is 0 Å². The van der Waals surface area contributed by atoms with Crippen molar-refractivity contribution in [2.45, 2.75) is 110 Å². The number of hydrazine groups is 1. The van der Waals surface area contributed by atoms with Gasteiger partial charge >= 0.3 is 12.2 Å². The lowest BCUT2D eigenvalue weighted by molar-refractivity contribution is 0.100. The summed E-state index contributed by atoms with van der Waals surface area (Å²) in [5.41, 5.74) is 2.50. The number of carbonyl (C=O) groups excluding carboxylic acids is 2. The largest absolute Gasteiger partial charge is 0.449 e. The molecule has 1 rings (SSSR count). The van der Waals surface area contributed by atoms with Crippen molar-refractivity contribution in [1.82, 2.24) is 15.8 Å². The fraction of sp³-hybridized carbons (Fsp3) is 0.826. The number of carbonyl (C=O) groups is 2. The molecule has 0 spiro atoms. The second-order valence-corrected chi connectivity index (χ2v) is 8.53. The van der Waals surface area contributed by atoms with Crippen molar-refractivity contribution in [2.24, 2.45) is 9.98 Å². The lowest BCUT2D eigenvalue weighted by Crippen LogP contribution is -2.56. The first kappa shape index (κ1) is 29.0. The maximum atomic E-state index is 12.1. The summed E-state index contributed by atoms with van der Waals surface area (Å²) in [7, 11) is 0. The van der Waals surface area contributed by atoms with Crippen molar-refractivity contribution in [1.29, 1.82) is 0 Å². The lowest BCUT2D eigenvalue weighted by Gasteiger charge is -2.28. The van der Waals surface area contributed by atoms with E-state index < -0.39 is 18.5 Å². The van der Waals surface area contributed by atoms with E-state index in [9.17, 15) is 9.59 Å². The topological polar surface area (TPSA) is 105 Å². The number of halogens is 1. The molecule has 0 aromatic carbocycles. The molecule has 9 nitrogen and oxygen atoms in total. The first-order valence-electron chi connectivity index (χ1n) is 12.5. The molecule has 1 heterocycles. The minimum Gasteiger partial charge on any atom is -0.449 e. The number of alkyl carbamates (subject to hydrolysis) is 1. The molecule has 0 aromatic rings. The van der Waals surface area contributed by atoms with Crippen molar-refractivity contribution < 1.29 is 19.1 Å². The molecule has 190 valence electrons. The molecule has 0 fully saturated rings. The molecule has 1 atom stereocenters. The molecule has 10 heteroatoms. The molecule has 0 bridgehead atoms. The average Bonchev–Trinajstić information content (AvgIpc) is 2.79. The van der Waals surface area contributed by atoms with E-state index in [2.05, 4.69) is 34.6 Å². The molecule has 1 unspecified atom stereocenters. The number of hydrogen-bond donors (Lipinski definition) is 2. The third-order valence-electron chi connectivity index (χ3n) is 5.21. The molecule has 2 N–H and O–H groups in total. The summed E-state index contributed by atoms with van der Waals surface area (Å²) in [5, 5.41) is 3.73. The normalized spacial score (nSPS) is 15.2. The van der Waals surface area contributed by atoms with E-state index in [1.807, 2.05) is 0 Å². The van der Waals surface area contributed by atoms with Crippen molar-refractivity contribution >= 4 is 35.4 Å². The molecule has 33 heavy (non-hydrogen) atoms. The van der Waals surface area contributed by atoms with E-state index >= 15 is 0 Å². The van der Waals surface area contributed by atoms with Gasteiger partial charge in [0.15, 0.2) is 0 Å². The number of nitrogens with zero attached hydrogens (tertiary/aromatic N) is 3. The molecule has 1 aliphatic rings. The van der Waals surface area contributed by atoms with Crippen molar-refractivity contribution in [2.75, 3.05) is 13.2 Å². The predicted octanol–water partition coefficient (Wildman–Crippen LogP) is 6.08. The lowest BCUT2D eigenvalue weighted by atomic mass is 10.1. The zero-order chi connectivity index (χ0) is 24.2. The first-order valence-corrected chi connectivity index (χ1v) is 12.9. The van der Waals surface area contributed by atoms with Crippen LogP contribution in [0, 0.1) is 0 Å². The Kier molecular flexibility index (Phi) is 17.1. The monoisotopic (exact) mass is 487 g/mol. The van der Waals surface area contributed by atoms with Gasteiger partial charge in [0.1, 0.15) is 6.34 Å². The smallest absolute Gasteiger partial charge is 0.426 e. The van der Waals surface area contributed by atoms with Crippen LogP contribution in [0.2, 0.25) is 0 Å². The van der Waals surface area contributed by atoms with Crippen LogP contribution in [0.15, 0.2) is 9.98 Å². The van der Waals surface area contributed by atoms with Crippen LogP contribution in [0.25, 0.3) is 0 Å². The molecular formula is C23H42ClN5O4. The summed E-state index contributed by atoms with van der Waals surface area (Å²) in [6, 6.07) is 0. The van der Waals surface area contributed by atoms with E-state index in [1.54, 1.807) is 0 Å². The van der Waals surface area contributed by atoms with Crippen molar-refractivity contribution in [3.8, 4) is 0 Å². The van der Waals surface area contributed by atoms with Gasteiger partial charge in [-0.05, 0) is 24.4 Å². The summed E-state index contributed by atoms with van der Waals surface area (Å²) >= 11 is 5.85. The van der Waals surface area contributed by atoms with Crippen molar-refractivity contribution in [3.63, 3.8) is 0 Å². The highest BCUT2D eigenvalue weighted by atomic mass is 35.5. The number of amides is 2. The Morgan fingerprint density at radius 3 is 1.88 bits per heavy atom. The third kappa shape index (κ3) is 15.4. The number of nitrogens with one attached hydrogen (secondary N) is 2. The van der Waals surface area contributed by atoms with Gasteiger partial charge in [-0.1, -0.05) is 90.9 Å². The Hall–Kier alpha value is -2.03. The minimum absolute atomic E-state index is 0.0399. The Bertz CT molecular complexity index is 603. The summed E-state index contributed by atoms with van der Waals surface area (Å²) in [6.07, 6.45) is 14.9. The van der Waals surface area contributed by atoms with Crippen LogP contribution in [0.5, 0.6) is 0 Å². The summed E-state index contributed by atoms with van der Waals surface area (Å²) in [4.78, 5) is 32.0. The number of ether oxygens (including phenoxy) is 2. The average molecular weight is 488 g/mol. The summed E-state index contributed by atoms with van der Waals surface area (Å²) in [5.74, 6) is 0. The number of hydrogen-bond acceptors (Lipinski definition) is 7. The van der Waals surface area contributed by atoms with E-state index in [4.69, 9.17) is 21.1 Å². The van der Waals surface area contributed by atoms with Crippen LogP contribution in [-0.4, -0.2) is 48.3 Å². The maximum absolute atomic E-state index is 12.1. The molecule has 0 aliphatic carbocycles. The van der Waals surface area contributed by atoms with E-state index in [1.165, 1.54) is 62.7 Å². The summed E-state index contributed by atoms with van der Waals surface area (Å²) in [6.45, 7) is 5.04. The second kappa shape index (κ2) is 19.4. The third-order valence-corrected chi connectivity index (χ3v) is 5.41. The highest BCUT2D eigenvalue weighted by Crippen LogP contribution is 2.09. The van der Waals surface area contributed by atoms with Crippen LogP contribution in [0.1, 0.15) is 104 Å². The molecular weight excluding hydrogens is 446 g/mol. The first-order chi connectivity index (χ1) is 16.1. The standard InChI is InChI=1S/C23H42ClN5O4/c1-3-5-7-9-11-13-15-17-32-22(30)27-21-26-20(24)25-19-29(21)28-23(31)33-18-16-14-12-10-8-6-4-2/h19,21H,3-18H2,1-2H3,(H,27,30)(H,28,31). The van der Waals surface area contributed by atoms with Gasteiger partial charge in [-0.15, -0.1) is 0 Å². The Balaban J connectivity index is 2.23. The summed E-state index contributed by atoms with van der Waals surface area (Å²) < 4.78 is 10.4. The fourth-order valence-electron chi connectivity index (χ4n) is 3.29. The molecule has 0 saturated carbocycles. The number of rotatable bonds is 18. The Morgan fingerprint density at radius 2 is 1.33 bits per heavy atom. The molecule has 0 aromatic heterocycles. The van der Waals surface area contributed by atoms with Crippen LogP contribution < -0.4 is 10.7 Å². The van der Waals surface area contributed by atoms with Gasteiger partial charge in [0.25, 0.3) is 0 Å². The van der Waals surface area contributed by atoms with Gasteiger partial charge in [-0.3, -0.25) is 5.32 Å². The van der Waals surface area contributed by atoms with E-state index in [-0.39, 0.29) is 5.29 Å². The fourth-order valence-corrected chi connectivity index (χ4v) is 3.43. The van der Waals surface area contributed by atoms with Gasteiger partial charge in [-0.2, -0.15) is 0 Å². The maximum Gasteiger partial charge on any atom is 0.426 e. The zero-order valence-electron chi connectivity index (χ0n) is 20.3. The predicted molar refractivity (Wildman–Crippen MR) is 132 cm³/mol. The molecule has 2 amide bonds. The van der Waals surface area contributed by atoms with Crippen LogP contribution in [-0.2, 0) is 9.47 Å². The highest BCUT2D eigenvalue weighted by molar-refractivity contribution is 6.65. The number of aliphatic imine (C=N–C) groups is 2. The zero-order valence-corrected chi connectivity index (χ0v) is 21.1. The Labute approximate surface area is 203 Å². The number of unbranched alkanes of at least 4 members (excludes halogenated alkanes) is 12. The number of amidine groups is 1. The Morgan fingerprint density at radius 1 is 0.848 bits per heavy atom. The quantitative estimate of drug-likeness (QED) is 0.180. The van der Waals surface area contributed by atoms with Gasteiger partial charge < -0.3 is 9.47 Å². The SMILES string of the molecule is CCCCCCCCCOC(=O)NC1N=C(Cl)N=CN1NC(=O)OCCCCCCCCC. The molecule has 0 radical (unpaired) electrons. The van der Waals surface area contributed by atoms with Crippen LogP contribution >= 0.6 is 11.6 Å². The van der Waals surface area contributed by atoms with Crippen LogP contribution in [0.4, 0.5) is 9.59 Å². The van der Waals surface area contributed by atoms with E-state index in [0.717, 1.165) is 38.5 Å². The van der Waals surface area contributed by atoms with Gasteiger partial charge in [0.05, 0.1) is 13.2 Å². The molecule has 1 aliphatic heterocycles. The highest BCUT2D eigenvalue weighted by Gasteiger charge is 2.24. The second-order valence-electron chi connectivity index (χ2n) is 8.19. The molecule has 0 saturated heterocycles. The van der Waals surface area contributed by atoms with Gasteiger partial charge in [0, 0.05) is 0 Å². The minimum atomic E-state index is -0.970.